The zero-order valence-electron chi connectivity index (χ0n) is 10.2. The molecule has 0 saturated carbocycles. The quantitative estimate of drug-likeness (QED) is 0.769. The van der Waals surface area contributed by atoms with Crippen molar-refractivity contribution < 1.29 is 9.84 Å². The van der Waals surface area contributed by atoms with Gasteiger partial charge in [-0.3, -0.25) is 0 Å². The number of hydrogen-bond acceptors (Lipinski definition) is 3. The minimum Gasteiger partial charge on any atom is -0.497 e. The smallest absolute Gasteiger partial charge is 0.118 e. The Balaban J connectivity index is 2.40. The monoisotopic (exact) mass is 223 g/mol. The van der Waals surface area contributed by atoms with Crippen LogP contribution in [-0.2, 0) is 6.42 Å². The second-order valence-electron chi connectivity index (χ2n) is 4.27. The SMILES string of the molecule is COc1ccc(CC(O)CNC(C)C)cc1. The van der Waals surface area contributed by atoms with Crippen molar-refractivity contribution >= 4 is 0 Å². The number of rotatable bonds is 6. The van der Waals surface area contributed by atoms with E-state index in [1.165, 1.54) is 0 Å². The maximum atomic E-state index is 9.78. The fourth-order valence-corrected chi connectivity index (χ4v) is 1.48. The molecule has 1 atom stereocenters. The maximum Gasteiger partial charge on any atom is 0.118 e. The number of benzene rings is 1. The lowest BCUT2D eigenvalue weighted by Crippen LogP contribution is -2.32. The Bertz CT molecular complexity index is 295. The van der Waals surface area contributed by atoms with Crippen LogP contribution in [0.4, 0.5) is 0 Å². The molecule has 0 heterocycles. The molecule has 3 heteroatoms. The van der Waals surface area contributed by atoms with E-state index in [0.29, 0.717) is 19.0 Å². The molecule has 3 nitrogen and oxygen atoms in total. The molecule has 0 spiro atoms. The molecule has 0 amide bonds. The van der Waals surface area contributed by atoms with E-state index in [2.05, 4.69) is 19.2 Å². The molecule has 0 saturated heterocycles. The first-order valence-corrected chi connectivity index (χ1v) is 5.66. The van der Waals surface area contributed by atoms with E-state index >= 15 is 0 Å². The zero-order chi connectivity index (χ0) is 12.0. The van der Waals surface area contributed by atoms with Crippen LogP contribution in [-0.4, -0.2) is 30.9 Å². The number of ether oxygens (including phenoxy) is 1. The lowest BCUT2D eigenvalue weighted by Gasteiger charge is -2.14. The molecule has 0 bridgehead atoms. The van der Waals surface area contributed by atoms with E-state index in [4.69, 9.17) is 4.74 Å². The highest BCUT2D eigenvalue weighted by molar-refractivity contribution is 5.27. The molecule has 1 aromatic carbocycles. The molecule has 1 aromatic rings. The highest BCUT2D eigenvalue weighted by Gasteiger charge is 2.06. The number of aliphatic hydroxyl groups excluding tert-OH is 1. The van der Waals surface area contributed by atoms with Gasteiger partial charge in [0.1, 0.15) is 5.75 Å². The van der Waals surface area contributed by atoms with E-state index < -0.39 is 0 Å². The van der Waals surface area contributed by atoms with Crippen molar-refractivity contribution in [3.8, 4) is 5.75 Å². The van der Waals surface area contributed by atoms with Crippen LogP contribution in [0.3, 0.4) is 0 Å². The van der Waals surface area contributed by atoms with E-state index in [1.54, 1.807) is 7.11 Å². The standard InChI is InChI=1S/C13H21NO2/c1-10(2)14-9-12(15)8-11-4-6-13(16-3)7-5-11/h4-7,10,12,14-15H,8-9H2,1-3H3. The predicted octanol–water partition coefficient (Wildman–Crippen LogP) is 1.60. The topological polar surface area (TPSA) is 41.5 Å². The molecule has 0 radical (unpaired) electrons. The highest BCUT2D eigenvalue weighted by atomic mass is 16.5. The fourth-order valence-electron chi connectivity index (χ4n) is 1.48. The van der Waals surface area contributed by atoms with Crippen molar-refractivity contribution in [3.05, 3.63) is 29.8 Å². The molecular weight excluding hydrogens is 202 g/mol. The van der Waals surface area contributed by atoms with Crippen LogP contribution < -0.4 is 10.1 Å². The Kier molecular flexibility index (Phi) is 5.29. The summed E-state index contributed by atoms with van der Waals surface area (Å²) in [6.07, 6.45) is 0.333. The van der Waals surface area contributed by atoms with Crippen LogP contribution >= 0.6 is 0 Å². The third-order valence-corrected chi connectivity index (χ3v) is 2.39. The van der Waals surface area contributed by atoms with Crippen molar-refractivity contribution in [2.45, 2.75) is 32.4 Å². The van der Waals surface area contributed by atoms with Gasteiger partial charge < -0.3 is 15.2 Å². The van der Waals surface area contributed by atoms with Gasteiger partial charge in [-0.25, -0.2) is 0 Å². The van der Waals surface area contributed by atoms with Crippen molar-refractivity contribution in [1.29, 1.82) is 0 Å². The summed E-state index contributed by atoms with van der Waals surface area (Å²) in [4.78, 5) is 0. The fraction of sp³-hybridized carbons (Fsp3) is 0.538. The molecule has 1 rings (SSSR count). The van der Waals surface area contributed by atoms with E-state index in [1.807, 2.05) is 24.3 Å². The van der Waals surface area contributed by atoms with Crippen LogP contribution in [0.25, 0.3) is 0 Å². The summed E-state index contributed by atoms with van der Waals surface area (Å²) in [5.74, 6) is 0.846. The van der Waals surface area contributed by atoms with E-state index in [-0.39, 0.29) is 6.10 Å². The maximum absolute atomic E-state index is 9.78. The second-order valence-corrected chi connectivity index (χ2v) is 4.27. The summed E-state index contributed by atoms with van der Waals surface area (Å²) in [5.41, 5.74) is 1.12. The average molecular weight is 223 g/mol. The van der Waals surface area contributed by atoms with Gasteiger partial charge in [0.05, 0.1) is 13.2 Å². The molecule has 1 unspecified atom stereocenters. The summed E-state index contributed by atoms with van der Waals surface area (Å²) >= 11 is 0. The van der Waals surface area contributed by atoms with Crippen molar-refractivity contribution in [3.63, 3.8) is 0 Å². The largest absolute Gasteiger partial charge is 0.497 e. The van der Waals surface area contributed by atoms with Gasteiger partial charge in [0, 0.05) is 12.6 Å². The molecule has 16 heavy (non-hydrogen) atoms. The van der Waals surface area contributed by atoms with Crippen LogP contribution in [0.1, 0.15) is 19.4 Å². The first kappa shape index (κ1) is 13.0. The van der Waals surface area contributed by atoms with Gasteiger partial charge in [0.25, 0.3) is 0 Å². The summed E-state index contributed by atoms with van der Waals surface area (Å²) in [5, 5.41) is 13.0. The van der Waals surface area contributed by atoms with Crippen LogP contribution in [0, 0.1) is 0 Å². The zero-order valence-corrected chi connectivity index (χ0v) is 10.2. The summed E-state index contributed by atoms with van der Waals surface area (Å²) < 4.78 is 5.08. The second kappa shape index (κ2) is 6.51. The molecule has 0 aliphatic heterocycles. The van der Waals surface area contributed by atoms with E-state index in [9.17, 15) is 5.11 Å². The normalized spacial score (nSPS) is 12.8. The lowest BCUT2D eigenvalue weighted by atomic mass is 10.1. The first-order chi connectivity index (χ1) is 7.61. The summed E-state index contributed by atoms with van der Waals surface area (Å²) in [6, 6.07) is 8.20. The molecule has 0 aromatic heterocycles. The van der Waals surface area contributed by atoms with E-state index in [0.717, 1.165) is 11.3 Å². The third kappa shape index (κ3) is 4.64. The van der Waals surface area contributed by atoms with Gasteiger partial charge in [-0.1, -0.05) is 26.0 Å². The van der Waals surface area contributed by atoms with Gasteiger partial charge in [-0.15, -0.1) is 0 Å². The van der Waals surface area contributed by atoms with Crippen molar-refractivity contribution in [2.24, 2.45) is 0 Å². The Morgan fingerprint density at radius 3 is 2.38 bits per heavy atom. The Hall–Kier alpha value is -1.06. The van der Waals surface area contributed by atoms with Gasteiger partial charge in [0.15, 0.2) is 0 Å². The lowest BCUT2D eigenvalue weighted by molar-refractivity contribution is 0.169. The predicted molar refractivity (Wildman–Crippen MR) is 65.8 cm³/mol. The van der Waals surface area contributed by atoms with Crippen molar-refractivity contribution in [1.82, 2.24) is 5.32 Å². The number of nitrogens with one attached hydrogen (secondary N) is 1. The van der Waals surface area contributed by atoms with Crippen LogP contribution in [0.15, 0.2) is 24.3 Å². The summed E-state index contributed by atoms with van der Waals surface area (Å²) in [7, 11) is 1.65. The third-order valence-electron chi connectivity index (χ3n) is 2.39. The van der Waals surface area contributed by atoms with Crippen LogP contribution in [0.2, 0.25) is 0 Å². The Labute approximate surface area is 97.4 Å². The minimum atomic E-state index is -0.337. The number of methoxy groups -OCH3 is 1. The van der Waals surface area contributed by atoms with Crippen molar-refractivity contribution in [2.75, 3.05) is 13.7 Å². The first-order valence-electron chi connectivity index (χ1n) is 5.66. The minimum absolute atomic E-state index is 0.337. The average Bonchev–Trinajstić information content (AvgIpc) is 2.27. The number of aliphatic hydroxyl groups is 1. The summed E-state index contributed by atoms with van der Waals surface area (Å²) in [6.45, 7) is 4.77. The molecule has 0 aliphatic rings. The Morgan fingerprint density at radius 2 is 1.88 bits per heavy atom. The van der Waals surface area contributed by atoms with Crippen LogP contribution in [0.5, 0.6) is 5.75 Å². The van der Waals surface area contributed by atoms with Gasteiger partial charge in [-0.05, 0) is 24.1 Å². The molecular formula is C13H21NO2. The number of hydrogen-bond donors (Lipinski definition) is 2. The van der Waals surface area contributed by atoms with Gasteiger partial charge in [-0.2, -0.15) is 0 Å². The van der Waals surface area contributed by atoms with Gasteiger partial charge in [0.2, 0.25) is 0 Å². The molecule has 90 valence electrons. The Morgan fingerprint density at radius 1 is 1.25 bits per heavy atom. The highest BCUT2D eigenvalue weighted by Crippen LogP contribution is 2.12. The molecule has 2 N–H and O–H groups in total. The molecule has 0 aliphatic carbocycles. The van der Waals surface area contributed by atoms with Gasteiger partial charge >= 0.3 is 0 Å². The molecule has 0 fully saturated rings.